The molecule has 2 rings (SSSR count). The number of hydrogen-bond donors (Lipinski definition) is 1. The highest BCUT2D eigenvalue weighted by molar-refractivity contribution is 7.89. The van der Waals surface area contributed by atoms with E-state index in [1.54, 1.807) is 4.90 Å². The van der Waals surface area contributed by atoms with Gasteiger partial charge in [0.2, 0.25) is 10.0 Å². The molecule has 0 atom stereocenters. The molecule has 1 aliphatic rings. The second-order valence-electron chi connectivity index (χ2n) is 5.57. The number of benzene rings is 1. The smallest absolute Gasteiger partial charge is 0.317 e. The number of halogens is 2. The van der Waals surface area contributed by atoms with E-state index >= 15 is 0 Å². The molecule has 0 unspecified atom stereocenters. The third-order valence-electron chi connectivity index (χ3n) is 3.47. The Bertz CT molecular complexity index is 689. The van der Waals surface area contributed by atoms with Crippen LogP contribution < -0.4 is 5.32 Å². The average Bonchev–Trinajstić information content (AvgIpc) is 2.49. The van der Waals surface area contributed by atoms with Gasteiger partial charge in [0.15, 0.2) is 0 Å². The van der Waals surface area contributed by atoms with Crippen molar-refractivity contribution in [2.45, 2.75) is 24.8 Å². The fourth-order valence-electron chi connectivity index (χ4n) is 2.26. The van der Waals surface area contributed by atoms with E-state index in [0.717, 1.165) is 12.1 Å². The highest BCUT2D eigenvalue weighted by Crippen LogP contribution is 2.23. The first-order valence-electron chi connectivity index (χ1n) is 7.22. The molecule has 0 radical (unpaired) electrons. The summed E-state index contributed by atoms with van der Waals surface area (Å²) in [6.07, 6.45) is 0. The van der Waals surface area contributed by atoms with Gasteiger partial charge in [0.1, 0.15) is 5.82 Å². The summed E-state index contributed by atoms with van der Waals surface area (Å²) >= 11 is 5.65. The summed E-state index contributed by atoms with van der Waals surface area (Å²) in [6, 6.07) is 3.13. The van der Waals surface area contributed by atoms with Crippen LogP contribution in [0, 0.1) is 5.82 Å². The van der Waals surface area contributed by atoms with Crippen molar-refractivity contribution in [1.29, 1.82) is 0 Å². The molecule has 1 aromatic carbocycles. The van der Waals surface area contributed by atoms with E-state index in [4.69, 9.17) is 11.6 Å². The number of carbonyl (C=O) groups excluding carboxylic acids is 1. The van der Waals surface area contributed by atoms with Gasteiger partial charge in [-0.15, -0.1) is 0 Å². The maximum absolute atomic E-state index is 13.2. The third-order valence-corrected chi connectivity index (χ3v) is 5.65. The molecule has 1 fully saturated rings. The van der Waals surface area contributed by atoms with Gasteiger partial charge in [-0.1, -0.05) is 11.6 Å². The molecule has 1 aromatic rings. The molecule has 0 bridgehead atoms. The van der Waals surface area contributed by atoms with Gasteiger partial charge in [-0.2, -0.15) is 4.31 Å². The lowest BCUT2D eigenvalue weighted by Gasteiger charge is -2.34. The van der Waals surface area contributed by atoms with Crippen molar-refractivity contribution in [3.63, 3.8) is 0 Å². The fraction of sp³-hybridized carbons (Fsp3) is 0.500. The Morgan fingerprint density at radius 3 is 2.39 bits per heavy atom. The summed E-state index contributed by atoms with van der Waals surface area (Å²) in [6.45, 7) is 4.68. The van der Waals surface area contributed by atoms with Gasteiger partial charge in [0, 0.05) is 32.2 Å². The van der Waals surface area contributed by atoms with Gasteiger partial charge in [-0.3, -0.25) is 0 Å². The molecule has 1 N–H and O–H groups in total. The monoisotopic (exact) mass is 363 g/mol. The lowest BCUT2D eigenvalue weighted by Crippen LogP contribution is -2.53. The Hall–Kier alpha value is -1.38. The topological polar surface area (TPSA) is 69.7 Å². The molecule has 2 amide bonds. The summed E-state index contributed by atoms with van der Waals surface area (Å²) in [7, 11) is -3.75. The maximum atomic E-state index is 13.2. The number of hydrogen-bond acceptors (Lipinski definition) is 3. The van der Waals surface area contributed by atoms with Crippen LogP contribution in [-0.4, -0.2) is 55.9 Å². The molecular weight excluding hydrogens is 345 g/mol. The first kappa shape index (κ1) is 18.0. The van der Waals surface area contributed by atoms with Gasteiger partial charge < -0.3 is 10.2 Å². The number of nitrogens with zero attached hydrogens (tertiary/aromatic N) is 2. The van der Waals surface area contributed by atoms with E-state index in [2.05, 4.69) is 5.32 Å². The SMILES string of the molecule is CC(C)NC(=O)N1CCN(S(=O)(=O)c2ccc(F)c(Cl)c2)CC1. The summed E-state index contributed by atoms with van der Waals surface area (Å²) in [5, 5.41) is 2.54. The number of nitrogens with one attached hydrogen (secondary N) is 1. The molecule has 128 valence electrons. The predicted octanol–water partition coefficient (Wildman–Crippen LogP) is 1.90. The number of carbonyl (C=O) groups is 1. The van der Waals surface area contributed by atoms with Crippen molar-refractivity contribution >= 4 is 27.7 Å². The molecule has 0 aliphatic carbocycles. The average molecular weight is 364 g/mol. The van der Waals surface area contributed by atoms with Gasteiger partial charge in [0.05, 0.1) is 9.92 Å². The maximum Gasteiger partial charge on any atom is 0.317 e. The Morgan fingerprint density at radius 1 is 1.26 bits per heavy atom. The molecule has 6 nitrogen and oxygen atoms in total. The number of piperazine rings is 1. The predicted molar refractivity (Wildman–Crippen MR) is 85.4 cm³/mol. The second-order valence-corrected chi connectivity index (χ2v) is 7.92. The first-order chi connectivity index (χ1) is 10.7. The molecule has 23 heavy (non-hydrogen) atoms. The minimum absolute atomic E-state index is 0.0191. The van der Waals surface area contributed by atoms with Crippen LogP contribution in [0.3, 0.4) is 0 Å². The number of sulfonamides is 1. The van der Waals surface area contributed by atoms with Crippen molar-refractivity contribution < 1.29 is 17.6 Å². The lowest BCUT2D eigenvalue weighted by molar-refractivity contribution is 0.170. The Morgan fingerprint density at radius 2 is 1.87 bits per heavy atom. The van der Waals surface area contributed by atoms with Crippen LogP contribution in [0.2, 0.25) is 5.02 Å². The molecule has 9 heteroatoms. The van der Waals surface area contributed by atoms with Crippen LogP contribution in [0.1, 0.15) is 13.8 Å². The molecule has 0 saturated carbocycles. The van der Waals surface area contributed by atoms with E-state index < -0.39 is 15.8 Å². The van der Waals surface area contributed by atoms with Gasteiger partial charge >= 0.3 is 6.03 Å². The van der Waals surface area contributed by atoms with E-state index in [9.17, 15) is 17.6 Å². The van der Waals surface area contributed by atoms with Crippen LogP contribution in [-0.2, 0) is 10.0 Å². The largest absolute Gasteiger partial charge is 0.336 e. The highest BCUT2D eigenvalue weighted by atomic mass is 35.5. The van der Waals surface area contributed by atoms with E-state index in [0.29, 0.717) is 13.1 Å². The van der Waals surface area contributed by atoms with Crippen molar-refractivity contribution in [2.75, 3.05) is 26.2 Å². The van der Waals surface area contributed by atoms with Crippen molar-refractivity contribution in [1.82, 2.24) is 14.5 Å². The zero-order chi connectivity index (χ0) is 17.2. The molecule has 0 aromatic heterocycles. The van der Waals surface area contributed by atoms with Crippen LogP contribution in [0.15, 0.2) is 23.1 Å². The standard InChI is InChI=1S/C14H19ClFN3O3S/c1-10(2)17-14(20)18-5-7-19(8-6-18)23(21,22)11-3-4-13(16)12(15)9-11/h3-4,9-10H,5-8H2,1-2H3,(H,17,20). The van der Waals surface area contributed by atoms with Crippen LogP contribution in [0.25, 0.3) is 0 Å². The molecule has 0 spiro atoms. The Balaban J connectivity index is 2.06. The van der Waals surface area contributed by atoms with Crippen molar-refractivity contribution in [3.05, 3.63) is 29.0 Å². The van der Waals surface area contributed by atoms with E-state index in [-0.39, 0.29) is 35.1 Å². The summed E-state index contributed by atoms with van der Waals surface area (Å²) in [5.41, 5.74) is 0. The van der Waals surface area contributed by atoms with Crippen molar-refractivity contribution in [3.8, 4) is 0 Å². The van der Waals surface area contributed by atoms with E-state index in [1.165, 1.54) is 10.4 Å². The molecule has 1 saturated heterocycles. The quantitative estimate of drug-likeness (QED) is 0.891. The highest BCUT2D eigenvalue weighted by Gasteiger charge is 2.30. The molecular formula is C14H19ClFN3O3S. The van der Waals surface area contributed by atoms with Gasteiger partial charge in [-0.25, -0.2) is 17.6 Å². The number of amides is 2. The molecule has 1 aliphatic heterocycles. The van der Waals surface area contributed by atoms with Crippen LogP contribution in [0.4, 0.5) is 9.18 Å². The number of rotatable bonds is 3. The van der Waals surface area contributed by atoms with Crippen molar-refractivity contribution in [2.24, 2.45) is 0 Å². The first-order valence-corrected chi connectivity index (χ1v) is 9.04. The molecule has 1 heterocycles. The lowest BCUT2D eigenvalue weighted by atomic mass is 10.3. The Kier molecular flexibility index (Phi) is 5.49. The van der Waals surface area contributed by atoms with Crippen LogP contribution >= 0.6 is 11.6 Å². The van der Waals surface area contributed by atoms with Gasteiger partial charge in [0.25, 0.3) is 0 Å². The second kappa shape index (κ2) is 7.02. The summed E-state index contributed by atoms with van der Waals surface area (Å²) in [4.78, 5) is 13.4. The minimum Gasteiger partial charge on any atom is -0.336 e. The van der Waals surface area contributed by atoms with E-state index in [1.807, 2.05) is 13.8 Å². The summed E-state index contributed by atoms with van der Waals surface area (Å²) in [5.74, 6) is -0.666. The third kappa shape index (κ3) is 4.13. The number of urea groups is 1. The normalized spacial score (nSPS) is 16.7. The zero-order valence-electron chi connectivity index (χ0n) is 12.9. The summed E-state index contributed by atoms with van der Waals surface area (Å²) < 4.78 is 39.5. The minimum atomic E-state index is -3.75. The zero-order valence-corrected chi connectivity index (χ0v) is 14.5. The van der Waals surface area contributed by atoms with Gasteiger partial charge in [-0.05, 0) is 32.0 Å². The Labute approximate surface area is 140 Å². The van der Waals surface area contributed by atoms with Crippen LogP contribution in [0.5, 0.6) is 0 Å². The fourth-order valence-corrected chi connectivity index (χ4v) is 3.95.